The van der Waals surface area contributed by atoms with Gasteiger partial charge in [-0.2, -0.15) is 0 Å². The summed E-state index contributed by atoms with van der Waals surface area (Å²) in [6, 6.07) is 10.2. The van der Waals surface area contributed by atoms with Gasteiger partial charge in [0.15, 0.2) is 0 Å². The molecule has 0 heterocycles. The van der Waals surface area contributed by atoms with Crippen molar-refractivity contribution in [2.24, 2.45) is 5.73 Å². The highest BCUT2D eigenvalue weighted by atomic mass is 14.9. The average Bonchev–Trinajstić information content (AvgIpc) is 2.41. The zero-order chi connectivity index (χ0) is 14.6. The molecule has 1 aliphatic carbocycles. The van der Waals surface area contributed by atoms with Gasteiger partial charge in [-0.25, -0.2) is 0 Å². The Morgan fingerprint density at radius 2 is 1.65 bits per heavy atom. The predicted molar refractivity (Wildman–Crippen MR) is 87.1 cm³/mol. The van der Waals surface area contributed by atoms with Crippen LogP contribution in [-0.2, 0) is 11.8 Å². The SMILES string of the molecule is CC(C)(C)c1ccc(CCN[C@H]2CC[C@@H](N)CC2)cc1. The smallest absolute Gasteiger partial charge is 0.00683 e. The van der Waals surface area contributed by atoms with Crippen molar-refractivity contribution in [3.05, 3.63) is 35.4 Å². The summed E-state index contributed by atoms with van der Waals surface area (Å²) in [7, 11) is 0. The Bertz CT molecular complexity index is 394. The molecule has 1 aliphatic rings. The van der Waals surface area contributed by atoms with Gasteiger partial charge in [0.25, 0.3) is 0 Å². The van der Waals surface area contributed by atoms with Crippen LogP contribution in [0.15, 0.2) is 24.3 Å². The van der Waals surface area contributed by atoms with E-state index in [9.17, 15) is 0 Å². The summed E-state index contributed by atoms with van der Waals surface area (Å²) in [5, 5.41) is 3.68. The second-order valence-electron chi connectivity index (χ2n) is 7.26. The third-order valence-corrected chi connectivity index (χ3v) is 4.44. The molecular weight excluding hydrogens is 244 g/mol. The van der Waals surface area contributed by atoms with Gasteiger partial charge in [-0.05, 0) is 55.2 Å². The molecule has 1 fully saturated rings. The largest absolute Gasteiger partial charge is 0.328 e. The quantitative estimate of drug-likeness (QED) is 0.883. The zero-order valence-corrected chi connectivity index (χ0v) is 13.3. The van der Waals surface area contributed by atoms with E-state index >= 15 is 0 Å². The van der Waals surface area contributed by atoms with Crippen molar-refractivity contribution in [3.63, 3.8) is 0 Å². The van der Waals surface area contributed by atoms with E-state index in [1.54, 1.807) is 0 Å². The molecule has 2 nitrogen and oxygen atoms in total. The van der Waals surface area contributed by atoms with Crippen LogP contribution < -0.4 is 11.1 Å². The van der Waals surface area contributed by atoms with Crippen molar-refractivity contribution in [1.82, 2.24) is 5.32 Å². The van der Waals surface area contributed by atoms with Crippen LogP contribution in [0.25, 0.3) is 0 Å². The molecule has 0 aliphatic heterocycles. The van der Waals surface area contributed by atoms with Gasteiger partial charge in [-0.1, -0.05) is 45.0 Å². The Kier molecular flexibility index (Phi) is 5.22. The Labute approximate surface area is 124 Å². The maximum Gasteiger partial charge on any atom is 0.00683 e. The molecule has 2 rings (SSSR count). The van der Waals surface area contributed by atoms with Gasteiger partial charge in [-0.3, -0.25) is 0 Å². The van der Waals surface area contributed by atoms with Gasteiger partial charge in [0, 0.05) is 12.1 Å². The van der Waals surface area contributed by atoms with Crippen LogP contribution in [0, 0.1) is 0 Å². The second kappa shape index (κ2) is 6.73. The highest BCUT2D eigenvalue weighted by Crippen LogP contribution is 2.22. The summed E-state index contributed by atoms with van der Waals surface area (Å²) >= 11 is 0. The first-order valence-corrected chi connectivity index (χ1v) is 8.03. The lowest BCUT2D eigenvalue weighted by Gasteiger charge is -2.27. The molecular formula is C18H30N2. The first-order chi connectivity index (χ1) is 9.45. The Balaban J connectivity index is 1.74. The Morgan fingerprint density at radius 3 is 2.20 bits per heavy atom. The molecule has 0 atom stereocenters. The minimum absolute atomic E-state index is 0.248. The molecule has 0 spiro atoms. The van der Waals surface area contributed by atoms with Crippen LogP contribution in [0.1, 0.15) is 57.6 Å². The van der Waals surface area contributed by atoms with E-state index in [1.165, 1.54) is 36.8 Å². The van der Waals surface area contributed by atoms with Gasteiger partial charge in [-0.15, -0.1) is 0 Å². The zero-order valence-electron chi connectivity index (χ0n) is 13.3. The van der Waals surface area contributed by atoms with Crippen LogP contribution in [0.2, 0.25) is 0 Å². The van der Waals surface area contributed by atoms with Gasteiger partial charge < -0.3 is 11.1 Å². The summed E-state index contributed by atoms with van der Waals surface area (Å²) in [5.41, 5.74) is 9.03. The van der Waals surface area contributed by atoms with E-state index in [2.05, 4.69) is 50.4 Å². The molecule has 0 amide bonds. The van der Waals surface area contributed by atoms with Gasteiger partial charge >= 0.3 is 0 Å². The molecule has 0 bridgehead atoms. The number of hydrogen-bond acceptors (Lipinski definition) is 2. The monoisotopic (exact) mass is 274 g/mol. The fourth-order valence-electron chi connectivity index (χ4n) is 2.92. The van der Waals surface area contributed by atoms with Gasteiger partial charge in [0.1, 0.15) is 0 Å². The molecule has 0 radical (unpaired) electrons. The molecule has 0 saturated heterocycles. The third-order valence-electron chi connectivity index (χ3n) is 4.44. The standard InChI is InChI=1S/C18H30N2/c1-18(2,3)15-6-4-14(5-7-15)12-13-20-17-10-8-16(19)9-11-17/h4-7,16-17,20H,8-13,19H2,1-3H3/t16-,17+. The van der Waals surface area contributed by atoms with Crippen LogP contribution >= 0.6 is 0 Å². The highest BCUT2D eigenvalue weighted by molar-refractivity contribution is 5.27. The Hall–Kier alpha value is -0.860. The number of hydrogen-bond donors (Lipinski definition) is 2. The average molecular weight is 274 g/mol. The Morgan fingerprint density at radius 1 is 1.05 bits per heavy atom. The first-order valence-electron chi connectivity index (χ1n) is 8.03. The summed E-state index contributed by atoms with van der Waals surface area (Å²) in [6.07, 6.45) is 5.96. The van der Waals surface area contributed by atoms with Crippen LogP contribution in [0.3, 0.4) is 0 Å². The minimum atomic E-state index is 0.248. The minimum Gasteiger partial charge on any atom is -0.328 e. The molecule has 20 heavy (non-hydrogen) atoms. The molecule has 3 N–H and O–H groups in total. The fraction of sp³-hybridized carbons (Fsp3) is 0.667. The highest BCUT2D eigenvalue weighted by Gasteiger charge is 2.17. The van der Waals surface area contributed by atoms with Gasteiger partial charge in [0.2, 0.25) is 0 Å². The van der Waals surface area contributed by atoms with Crippen LogP contribution in [-0.4, -0.2) is 18.6 Å². The molecule has 2 heteroatoms. The van der Waals surface area contributed by atoms with E-state index in [0.717, 1.165) is 13.0 Å². The number of nitrogens with two attached hydrogens (primary N) is 1. The summed E-state index contributed by atoms with van der Waals surface area (Å²) in [5.74, 6) is 0. The molecule has 1 aromatic rings. The van der Waals surface area contributed by atoms with E-state index < -0.39 is 0 Å². The number of nitrogens with one attached hydrogen (secondary N) is 1. The maximum atomic E-state index is 5.94. The molecule has 1 aromatic carbocycles. The third kappa shape index (κ3) is 4.60. The molecule has 112 valence electrons. The van der Waals surface area contributed by atoms with Crippen molar-refractivity contribution in [2.75, 3.05) is 6.54 Å². The summed E-state index contributed by atoms with van der Waals surface area (Å²) < 4.78 is 0. The van der Waals surface area contributed by atoms with Crippen molar-refractivity contribution in [2.45, 2.75) is 70.4 Å². The second-order valence-corrected chi connectivity index (χ2v) is 7.26. The number of rotatable bonds is 4. The topological polar surface area (TPSA) is 38.0 Å². The predicted octanol–water partition coefficient (Wildman–Crippen LogP) is 3.39. The van der Waals surface area contributed by atoms with Crippen molar-refractivity contribution < 1.29 is 0 Å². The van der Waals surface area contributed by atoms with E-state index in [4.69, 9.17) is 5.73 Å². The van der Waals surface area contributed by atoms with Crippen LogP contribution in [0.5, 0.6) is 0 Å². The van der Waals surface area contributed by atoms with E-state index in [1.807, 2.05) is 0 Å². The van der Waals surface area contributed by atoms with Crippen LogP contribution in [0.4, 0.5) is 0 Å². The fourth-order valence-corrected chi connectivity index (χ4v) is 2.92. The van der Waals surface area contributed by atoms with Crippen molar-refractivity contribution >= 4 is 0 Å². The van der Waals surface area contributed by atoms with Crippen molar-refractivity contribution in [3.8, 4) is 0 Å². The lowest BCUT2D eigenvalue weighted by molar-refractivity contribution is 0.344. The lowest BCUT2D eigenvalue weighted by atomic mass is 9.86. The van der Waals surface area contributed by atoms with Gasteiger partial charge in [0.05, 0.1) is 0 Å². The number of benzene rings is 1. The molecule has 1 saturated carbocycles. The molecule has 0 aromatic heterocycles. The van der Waals surface area contributed by atoms with E-state index in [0.29, 0.717) is 12.1 Å². The lowest BCUT2D eigenvalue weighted by Crippen LogP contribution is -2.38. The normalized spacial score (nSPS) is 23.8. The first kappa shape index (κ1) is 15.5. The molecule has 0 unspecified atom stereocenters. The van der Waals surface area contributed by atoms with E-state index in [-0.39, 0.29) is 5.41 Å². The maximum absolute atomic E-state index is 5.94. The van der Waals surface area contributed by atoms with Crippen molar-refractivity contribution in [1.29, 1.82) is 0 Å². The summed E-state index contributed by atoms with van der Waals surface area (Å²) in [4.78, 5) is 0. The summed E-state index contributed by atoms with van der Waals surface area (Å²) in [6.45, 7) is 7.86.